The lowest BCUT2D eigenvalue weighted by Gasteiger charge is -2.24. The Bertz CT molecular complexity index is 422. The van der Waals surface area contributed by atoms with Gasteiger partial charge in [-0.25, -0.2) is 0 Å². The summed E-state index contributed by atoms with van der Waals surface area (Å²) in [6.07, 6.45) is 0. The van der Waals surface area contributed by atoms with Crippen LogP contribution in [-0.4, -0.2) is 29.0 Å². The van der Waals surface area contributed by atoms with Gasteiger partial charge in [0.2, 0.25) is 0 Å². The van der Waals surface area contributed by atoms with E-state index in [1.165, 1.54) is 0 Å². The molecule has 2 N–H and O–H groups in total. The van der Waals surface area contributed by atoms with Crippen LogP contribution in [0.4, 0.5) is 5.69 Å². The highest BCUT2D eigenvalue weighted by Gasteiger charge is 2.30. The Morgan fingerprint density at radius 1 is 1.39 bits per heavy atom. The molecule has 5 heteroatoms. The molecule has 1 heterocycles. The van der Waals surface area contributed by atoms with E-state index in [9.17, 15) is 10.1 Å². The van der Waals surface area contributed by atoms with Crippen molar-refractivity contribution in [3.05, 3.63) is 39.9 Å². The van der Waals surface area contributed by atoms with Crippen LogP contribution in [0.25, 0.3) is 0 Å². The summed E-state index contributed by atoms with van der Waals surface area (Å²) in [4.78, 5) is 12.6. The molecular formula is C13H19N3O2. The number of rotatable bonds is 3. The van der Waals surface area contributed by atoms with Crippen LogP contribution < -0.4 is 5.73 Å². The number of hydrogen-bond acceptors (Lipinski definition) is 4. The molecule has 1 aliphatic heterocycles. The van der Waals surface area contributed by atoms with Crippen LogP contribution in [0.2, 0.25) is 0 Å². The molecule has 0 saturated carbocycles. The van der Waals surface area contributed by atoms with Crippen molar-refractivity contribution in [2.75, 3.05) is 13.1 Å². The van der Waals surface area contributed by atoms with E-state index in [1.807, 2.05) is 12.1 Å². The van der Waals surface area contributed by atoms with Crippen LogP contribution in [0.5, 0.6) is 0 Å². The van der Waals surface area contributed by atoms with Gasteiger partial charge in [0.05, 0.1) is 4.92 Å². The Kier molecular flexibility index (Phi) is 3.63. The Hall–Kier alpha value is -1.46. The van der Waals surface area contributed by atoms with Crippen LogP contribution in [0.3, 0.4) is 0 Å². The molecule has 0 amide bonds. The molecule has 1 aromatic carbocycles. The summed E-state index contributed by atoms with van der Waals surface area (Å²) in [5.74, 6) is 0.505. The smallest absolute Gasteiger partial charge is 0.269 e. The average Bonchev–Trinajstić information content (AvgIpc) is 2.69. The molecule has 0 bridgehead atoms. The minimum absolute atomic E-state index is 0.137. The maximum absolute atomic E-state index is 10.6. The van der Waals surface area contributed by atoms with E-state index in [1.54, 1.807) is 12.1 Å². The third-order valence-electron chi connectivity index (χ3n) is 3.83. The van der Waals surface area contributed by atoms with Crippen LogP contribution in [0.15, 0.2) is 24.3 Å². The molecule has 18 heavy (non-hydrogen) atoms. The minimum Gasteiger partial charge on any atom is -0.326 e. The molecule has 0 aliphatic carbocycles. The molecule has 5 nitrogen and oxygen atoms in total. The second-order valence-electron chi connectivity index (χ2n) is 5.12. The van der Waals surface area contributed by atoms with Crippen molar-refractivity contribution in [1.82, 2.24) is 4.90 Å². The number of nitro benzene ring substituents is 1. The zero-order valence-electron chi connectivity index (χ0n) is 10.7. The molecule has 2 rings (SSSR count). The van der Waals surface area contributed by atoms with Crippen molar-refractivity contribution in [3.8, 4) is 0 Å². The number of benzene rings is 1. The van der Waals surface area contributed by atoms with Gasteiger partial charge in [-0.3, -0.25) is 15.0 Å². The van der Waals surface area contributed by atoms with Crippen molar-refractivity contribution >= 4 is 5.69 Å². The van der Waals surface area contributed by atoms with Gasteiger partial charge in [-0.05, 0) is 18.4 Å². The van der Waals surface area contributed by atoms with Gasteiger partial charge >= 0.3 is 0 Å². The minimum atomic E-state index is -0.373. The van der Waals surface area contributed by atoms with Crippen molar-refractivity contribution in [3.63, 3.8) is 0 Å². The lowest BCUT2D eigenvalue weighted by molar-refractivity contribution is -0.384. The fraction of sp³-hybridized carbons (Fsp3) is 0.538. The first-order valence-electron chi connectivity index (χ1n) is 6.23. The van der Waals surface area contributed by atoms with Crippen molar-refractivity contribution in [2.45, 2.75) is 25.9 Å². The first-order chi connectivity index (χ1) is 8.49. The summed E-state index contributed by atoms with van der Waals surface area (Å²) in [5, 5.41) is 10.6. The van der Waals surface area contributed by atoms with Gasteiger partial charge in [0.15, 0.2) is 0 Å². The number of hydrogen-bond donors (Lipinski definition) is 1. The molecule has 0 spiro atoms. The lowest BCUT2D eigenvalue weighted by Crippen LogP contribution is -2.29. The molecule has 1 saturated heterocycles. The average molecular weight is 249 g/mol. The third kappa shape index (κ3) is 2.52. The van der Waals surface area contributed by atoms with E-state index in [2.05, 4.69) is 18.7 Å². The zero-order chi connectivity index (χ0) is 13.3. The Morgan fingerprint density at radius 2 is 2.00 bits per heavy atom. The Balaban J connectivity index is 2.09. The standard InChI is InChI=1S/C13H19N3O2/c1-9-7-15(8-13(9)14)10(2)11-3-5-12(6-4-11)16(17)18/h3-6,9-10,13H,7-8,14H2,1-2H3. The van der Waals surface area contributed by atoms with E-state index in [-0.39, 0.29) is 22.7 Å². The highest BCUT2D eigenvalue weighted by atomic mass is 16.6. The topological polar surface area (TPSA) is 72.4 Å². The largest absolute Gasteiger partial charge is 0.326 e. The molecule has 0 aromatic heterocycles. The monoisotopic (exact) mass is 249 g/mol. The van der Waals surface area contributed by atoms with Crippen LogP contribution in [-0.2, 0) is 0 Å². The van der Waals surface area contributed by atoms with Gasteiger partial charge in [0, 0.05) is 37.3 Å². The SMILES string of the molecule is CC1CN(C(C)c2ccc([N+](=O)[O-])cc2)CC1N. The van der Waals surface area contributed by atoms with Gasteiger partial charge in [0.25, 0.3) is 5.69 Å². The first-order valence-corrected chi connectivity index (χ1v) is 6.23. The maximum atomic E-state index is 10.6. The van der Waals surface area contributed by atoms with Crippen molar-refractivity contribution in [1.29, 1.82) is 0 Å². The van der Waals surface area contributed by atoms with Crippen LogP contribution in [0.1, 0.15) is 25.5 Å². The fourth-order valence-electron chi connectivity index (χ4n) is 2.43. The lowest BCUT2D eigenvalue weighted by atomic mass is 10.1. The summed E-state index contributed by atoms with van der Waals surface area (Å²) in [5.41, 5.74) is 7.25. The fourth-order valence-corrected chi connectivity index (χ4v) is 2.43. The number of likely N-dealkylation sites (tertiary alicyclic amines) is 1. The normalized spacial score (nSPS) is 26.2. The van der Waals surface area contributed by atoms with E-state index in [4.69, 9.17) is 5.73 Å². The van der Waals surface area contributed by atoms with Gasteiger partial charge in [-0.1, -0.05) is 19.1 Å². The van der Waals surface area contributed by atoms with E-state index in [0.29, 0.717) is 5.92 Å². The maximum Gasteiger partial charge on any atom is 0.269 e. The van der Waals surface area contributed by atoms with Gasteiger partial charge in [-0.2, -0.15) is 0 Å². The molecular weight excluding hydrogens is 230 g/mol. The number of nitrogens with zero attached hydrogens (tertiary/aromatic N) is 2. The molecule has 3 unspecified atom stereocenters. The Morgan fingerprint density at radius 3 is 2.44 bits per heavy atom. The second kappa shape index (κ2) is 5.04. The van der Waals surface area contributed by atoms with Crippen molar-refractivity contribution < 1.29 is 4.92 Å². The molecule has 1 fully saturated rings. The van der Waals surface area contributed by atoms with Gasteiger partial charge in [-0.15, -0.1) is 0 Å². The van der Waals surface area contributed by atoms with E-state index >= 15 is 0 Å². The van der Waals surface area contributed by atoms with E-state index < -0.39 is 0 Å². The summed E-state index contributed by atoms with van der Waals surface area (Å²) in [6.45, 7) is 6.15. The highest BCUT2D eigenvalue weighted by molar-refractivity contribution is 5.34. The number of nitrogens with two attached hydrogens (primary N) is 1. The predicted molar refractivity (Wildman–Crippen MR) is 70.2 cm³/mol. The van der Waals surface area contributed by atoms with Gasteiger partial charge in [0.1, 0.15) is 0 Å². The van der Waals surface area contributed by atoms with E-state index in [0.717, 1.165) is 18.7 Å². The molecule has 98 valence electrons. The third-order valence-corrected chi connectivity index (χ3v) is 3.83. The molecule has 0 radical (unpaired) electrons. The summed E-state index contributed by atoms with van der Waals surface area (Å²) in [7, 11) is 0. The molecule has 3 atom stereocenters. The van der Waals surface area contributed by atoms with Gasteiger partial charge < -0.3 is 5.73 Å². The highest BCUT2D eigenvalue weighted by Crippen LogP contribution is 2.27. The van der Waals surface area contributed by atoms with Crippen LogP contribution in [0, 0.1) is 16.0 Å². The number of non-ortho nitro benzene ring substituents is 1. The summed E-state index contributed by atoms with van der Waals surface area (Å²) in [6, 6.07) is 7.26. The summed E-state index contributed by atoms with van der Waals surface area (Å²) < 4.78 is 0. The number of nitro groups is 1. The molecule has 1 aliphatic rings. The van der Waals surface area contributed by atoms with Crippen molar-refractivity contribution in [2.24, 2.45) is 11.7 Å². The zero-order valence-corrected chi connectivity index (χ0v) is 10.7. The predicted octanol–water partition coefficient (Wildman–Crippen LogP) is 1.93. The first kappa shape index (κ1) is 13.0. The summed E-state index contributed by atoms with van der Waals surface area (Å²) >= 11 is 0. The second-order valence-corrected chi connectivity index (χ2v) is 5.12. The Labute approximate surface area is 107 Å². The quantitative estimate of drug-likeness (QED) is 0.656. The molecule has 1 aromatic rings. The van der Waals surface area contributed by atoms with Crippen LogP contribution >= 0.6 is 0 Å².